The molecule has 1 nitrogen and oxygen atoms in total. The molecule has 0 heterocycles. The van der Waals surface area contributed by atoms with Crippen LogP contribution in [0.2, 0.25) is 0 Å². The number of benzene rings is 8. The average Bonchev–Trinajstić information content (AvgIpc) is 3.14. The zero-order valence-corrected chi connectivity index (χ0v) is 27.0. The standard InChI is InChI=1S/C47H35N/c1-31(33-19-21-34(22-20-33)35-23-25-39(48)26-24-35)27-38(47-30-37-12-4-6-14-41(37)43-16-8-10-18-45(43)47)28-32(2)46-29-36-11-3-5-13-40(36)42-15-7-9-17-44(42)46/h3-30H,2,48H2,1H3/b31-27+,38-28+. The van der Waals surface area contributed by atoms with Crippen LogP contribution in [0.1, 0.15) is 23.6 Å². The van der Waals surface area contributed by atoms with Gasteiger partial charge in [0.1, 0.15) is 0 Å². The Morgan fingerprint density at radius 2 is 0.917 bits per heavy atom. The van der Waals surface area contributed by atoms with Gasteiger partial charge in [-0.25, -0.2) is 0 Å². The maximum Gasteiger partial charge on any atom is 0.0314 e. The molecule has 0 fully saturated rings. The molecule has 2 N–H and O–H groups in total. The number of nitrogens with two attached hydrogens (primary N) is 1. The summed E-state index contributed by atoms with van der Waals surface area (Å²) in [7, 11) is 0. The van der Waals surface area contributed by atoms with E-state index in [1.807, 2.05) is 12.1 Å². The molecule has 0 saturated carbocycles. The van der Waals surface area contributed by atoms with E-state index in [1.165, 1.54) is 65.4 Å². The molecule has 0 spiro atoms. The van der Waals surface area contributed by atoms with Crippen LogP contribution in [0.4, 0.5) is 5.69 Å². The Labute approximate surface area is 281 Å². The minimum absolute atomic E-state index is 0.771. The van der Waals surface area contributed by atoms with Gasteiger partial charge < -0.3 is 5.73 Å². The summed E-state index contributed by atoms with van der Waals surface area (Å²) in [5.41, 5.74) is 15.8. The third-order valence-corrected chi connectivity index (χ3v) is 9.48. The Kier molecular flexibility index (Phi) is 7.43. The maximum absolute atomic E-state index is 5.93. The topological polar surface area (TPSA) is 26.0 Å². The lowest BCUT2D eigenvalue weighted by molar-refractivity contribution is 1.55. The molecule has 0 radical (unpaired) electrons. The maximum atomic E-state index is 5.93. The van der Waals surface area contributed by atoms with E-state index in [0.717, 1.165) is 28.0 Å². The van der Waals surface area contributed by atoms with Gasteiger partial charge in [-0.1, -0.05) is 146 Å². The fraction of sp³-hybridized carbons (Fsp3) is 0.0213. The molecule has 1 heteroatoms. The van der Waals surface area contributed by atoms with Crippen molar-refractivity contribution in [2.45, 2.75) is 6.92 Å². The van der Waals surface area contributed by atoms with Crippen LogP contribution in [0.15, 0.2) is 176 Å². The first-order chi connectivity index (χ1) is 23.5. The van der Waals surface area contributed by atoms with E-state index in [4.69, 9.17) is 12.3 Å². The molecule has 0 aliphatic rings. The molecule has 0 saturated heterocycles. The number of rotatable bonds is 6. The third kappa shape index (κ3) is 5.36. The molecule has 0 aromatic heterocycles. The highest BCUT2D eigenvalue weighted by atomic mass is 14.5. The van der Waals surface area contributed by atoms with E-state index < -0.39 is 0 Å². The Morgan fingerprint density at radius 3 is 1.48 bits per heavy atom. The van der Waals surface area contributed by atoms with Gasteiger partial charge in [0.15, 0.2) is 0 Å². The summed E-state index contributed by atoms with van der Waals surface area (Å²) in [6.45, 7) is 6.90. The molecule has 228 valence electrons. The SMILES string of the molecule is C=C(/C=C(\C=C(/C)c1ccc(-c2ccc(N)cc2)cc1)c1cc2ccccc2c2ccccc12)c1cc2ccccc2c2ccccc12. The third-order valence-electron chi connectivity index (χ3n) is 9.48. The first kappa shape index (κ1) is 29.2. The zero-order chi connectivity index (χ0) is 32.6. The van der Waals surface area contributed by atoms with Crippen LogP contribution >= 0.6 is 0 Å². The van der Waals surface area contributed by atoms with Crippen molar-refractivity contribution in [2.75, 3.05) is 5.73 Å². The second-order valence-electron chi connectivity index (χ2n) is 12.5. The van der Waals surface area contributed by atoms with E-state index in [-0.39, 0.29) is 0 Å². The Balaban J connectivity index is 1.31. The van der Waals surface area contributed by atoms with Gasteiger partial charge in [0.05, 0.1) is 0 Å². The second-order valence-corrected chi connectivity index (χ2v) is 12.5. The molecular formula is C47H35N. The smallest absolute Gasteiger partial charge is 0.0314 e. The van der Waals surface area contributed by atoms with Crippen molar-refractivity contribution in [3.8, 4) is 11.1 Å². The molecule has 8 aromatic carbocycles. The number of hydrogen-bond acceptors (Lipinski definition) is 1. The molecule has 0 unspecified atom stereocenters. The molecule has 0 amide bonds. The quantitative estimate of drug-likeness (QED) is 0.113. The highest BCUT2D eigenvalue weighted by Crippen LogP contribution is 2.38. The monoisotopic (exact) mass is 613 g/mol. The van der Waals surface area contributed by atoms with Gasteiger partial charge in [-0.2, -0.15) is 0 Å². The minimum Gasteiger partial charge on any atom is -0.399 e. The highest BCUT2D eigenvalue weighted by molar-refractivity contribution is 6.15. The summed E-state index contributed by atoms with van der Waals surface area (Å²) >= 11 is 0. The van der Waals surface area contributed by atoms with Crippen molar-refractivity contribution in [1.82, 2.24) is 0 Å². The molecular weight excluding hydrogens is 579 g/mol. The number of anilines is 1. The summed E-state index contributed by atoms with van der Waals surface area (Å²) in [5.74, 6) is 0. The lowest BCUT2D eigenvalue weighted by Crippen LogP contribution is -1.91. The molecule has 8 aromatic rings. The largest absolute Gasteiger partial charge is 0.399 e. The van der Waals surface area contributed by atoms with Gasteiger partial charge >= 0.3 is 0 Å². The van der Waals surface area contributed by atoms with Crippen molar-refractivity contribution in [2.24, 2.45) is 0 Å². The van der Waals surface area contributed by atoms with Crippen molar-refractivity contribution < 1.29 is 0 Å². The molecule has 0 aliphatic heterocycles. The molecule has 8 rings (SSSR count). The lowest BCUT2D eigenvalue weighted by atomic mass is 9.88. The molecule has 0 atom stereocenters. The van der Waals surface area contributed by atoms with Crippen molar-refractivity contribution in [1.29, 1.82) is 0 Å². The van der Waals surface area contributed by atoms with Gasteiger partial charge in [-0.05, 0) is 125 Å². The summed E-state index contributed by atoms with van der Waals surface area (Å²) in [6, 6.07) is 56.1. The Morgan fingerprint density at radius 1 is 0.479 bits per heavy atom. The average molecular weight is 614 g/mol. The molecule has 0 aliphatic carbocycles. The Bertz CT molecular complexity index is 2560. The number of allylic oxidation sites excluding steroid dienone is 5. The number of hydrogen-bond donors (Lipinski definition) is 1. The predicted octanol–water partition coefficient (Wildman–Crippen LogP) is 12.7. The summed E-state index contributed by atoms with van der Waals surface area (Å²) in [5, 5.41) is 9.87. The van der Waals surface area contributed by atoms with Gasteiger partial charge in [-0.3, -0.25) is 0 Å². The molecule has 0 bridgehead atoms. The summed E-state index contributed by atoms with van der Waals surface area (Å²) in [6.07, 6.45) is 4.60. The predicted molar refractivity (Wildman–Crippen MR) is 210 cm³/mol. The van der Waals surface area contributed by atoms with Crippen molar-refractivity contribution >= 4 is 65.5 Å². The van der Waals surface area contributed by atoms with Crippen molar-refractivity contribution in [3.63, 3.8) is 0 Å². The van der Waals surface area contributed by atoms with E-state index in [9.17, 15) is 0 Å². The normalized spacial score (nSPS) is 12.3. The fourth-order valence-corrected chi connectivity index (χ4v) is 6.99. The molecule has 48 heavy (non-hydrogen) atoms. The minimum atomic E-state index is 0.771. The zero-order valence-electron chi connectivity index (χ0n) is 27.0. The van der Waals surface area contributed by atoms with Crippen LogP contribution in [0.5, 0.6) is 0 Å². The second kappa shape index (κ2) is 12.2. The van der Waals surface area contributed by atoms with E-state index >= 15 is 0 Å². The van der Waals surface area contributed by atoms with Crippen LogP contribution in [0, 0.1) is 0 Å². The van der Waals surface area contributed by atoms with Crippen LogP contribution in [0.25, 0.3) is 70.9 Å². The van der Waals surface area contributed by atoms with Gasteiger partial charge in [-0.15, -0.1) is 0 Å². The van der Waals surface area contributed by atoms with Gasteiger partial charge in [0, 0.05) is 5.69 Å². The van der Waals surface area contributed by atoms with Crippen LogP contribution < -0.4 is 5.73 Å². The van der Waals surface area contributed by atoms with Gasteiger partial charge in [0.2, 0.25) is 0 Å². The van der Waals surface area contributed by atoms with E-state index in [0.29, 0.717) is 0 Å². The van der Waals surface area contributed by atoms with E-state index in [1.54, 1.807) is 0 Å². The number of fused-ring (bicyclic) bond motifs is 6. The van der Waals surface area contributed by atoms with Crippen LogP contribution in [-0.2, 0) is 0 Å². The summed E-state index contributed by atoms with van der Waals surface area (Å²) < 4.78 is 0. The lowest BCUT2D eigenvalue weighted by Gasteiger charge is -2.15. The van der Waals surface area contributed by atoms with Crippen LogP contribution in [-0.4, -0.2) is 0 Å². The summed E-state index contributed by atoms with van der Waals surface area (Å²) in [4.78, 5) is 0. The van der Waals surface area contributed by atoms with Crippen LogP contribution in [0.3, 0.4) is 0 Å². The first-order valence-corrected chi connectivity index (χ1v) is 16.4. The Hall–Kier alpha value is -6.18. The van der Waals surface area contributed by atoms with E-state index in [2.05, 4.69) is 165 Å². The highest BCUT2D eigenvalue weighted by Gasteiger charge is 2.13. The van der Waals surface area contributed by atoms with Crippen molar-refractivity contribution in [3.05, 3.63) is 193 Å². The number of nitrogen functional groups attached to an aromatic ring is 1. The fourth-order valence-electron chi connectivity index (χ4n) is 6.99. The van der Waals surface area contributed by atoms with Gasteiger partial charge in [0.25, 0.3) is 0 Å². The first-order valence-electron chi connectivity index (χ1n) is 16.4.